The van der Waals surface area contributed by atoms with Crippen LogP contribution in [0.1, 0.15) is 82.7 Å². The first-order valence-electron chi connectivity index (χ1n) is 25.8. The molecule has 0 atom stereocenters. The van der Waals surface area contributed by atoms with Crippen LogP contribution in [-0.2, 0) is 6.18 Å². The van der Waals surface area contributed by atoms with Crippen LogP contribution >= 0.6 is 58.0 Å². The van der Waals surface area contributed by atoms with Crippen LogP contribution in [0.15, 0.2) is 200 Å². The summed E-state index contributed by atoms with van der Waals surface area (Å²) in [5, 5.41) is 12.2. The average molecular weight is 1220 g/mol. The number of alkyl halides is 3. The molecule has 0 spiro atoms. The van der Waals surface area contributed by atoms with Crippen molar-refractivity contribution in [2.45, 2.75) is 89.3 Å². The number of carboxylic acids is 1. The fourth-order valence-corrected chi connectivity index (χ4v) is 7.42. The number of aromatic carboxylic acids is 1. The van der Waals surface area contributed by atoms with E-state index in [0.29, 0.717) is 21.2 Å². The van der Waals surface area contributed by atoms with Crippen molar-refractivity contribution in [2.75, 3.05) is 14.2 Å². The first-order valence-corrected chi connectivity index (χ1v) is 27.7. The maximum atomic E-state index is 12.0. The zero-order chi connectivity index (χ0) is 62.0. The summed E-state index contributed by atoms with van der Waals surface area (Å²) < 4.78 is 45.9. The van der Waals surface area contributed by atoms with Crippen LogP contribution in [0, 0.1) is 83.1 Å². The van der Waals surface area contributed by atoms with E-state index >= 15 is 0 Å². The number of halogens is 8. The summed E-state index contributed by atoms with van der Waals surface area (Å²) in [5.41, 5.74) is 13.7. The lowest BCUT2D eigenvalue weighted by Gasteiger charge is -2.05. The Bertz CT molecular complexity index is 3120. The number of benzene rings is 9. The Morgan fingerprint density at radius 1 is 0.366 bits per heavy atom. The molecule has 0 aliphatic rings. The molecule has 1 N–H and O–H groups in total. The van der Waals surface area contributed by atoms with Crippen LogP contribution in [0.5, 0.6) is 11.5 Å². The molecule has 0 radical (unpaired) electrons. The van der Waals surface area contributed by atoms with Crippen LogP contribution in [0.3, 0.4) is 0 Å². The molecule has 0 heterocycles. The molecule has 0 amide bonds. The second-order valence-electron chi connectivity index (χ2n) is 18.9. The maximum absolute atomic E-state index is 12.0. The highest BCUT2D eigenvalue weighted by molar-refractivity contribution is 6.42. The van der Waals surface area contributed by atoms with Gasteiger partial charge in [-0.05, 0) is 201 Å². The largest absolute Gasteiger partial charge is 0.497 e. The van der Waals surface area contributed by atoms with Crippen molar-refractivity contribution in [2.24, 2.45) is 0 Å². The van der Waals surface area contributed by atoms with Gasteiger partial charge in [0.05, 0.1) is 35.4 Å². The second kappa shape index (κ2) is 39.7. The molecule has 0 saturated carbocycles. The Morgan fingerprint density at radius 3 is 1.15 bits per heavy atom. The van der Waals surface area contributed by atoms with E-state index in [1.165, 1.54) is 50.6 Å². The van der Waals surface area contributed by atoms with Crippen molar-refractivity contribution in [3.63, 3.8) is 0 Å². The zero-order valence-electron chi connectivity index (χ0n) is 49.2. The van der Waals surface area contributed by atoms with Gasteiger partial charge < -0.3 is 14.6 Å². The van der Waals surface area contributed by atoms with Crippen molar-refractivity contribution in [1.82, 2.24) is 0 Å². The number of carboxylic acid groups (broad SMARTS) is 1. The average Bonchev–Trinajstić information content (AvgIpc) is 3.45. The summed E-state index contributed by atoms with van der Waals surface area (Å²) in [5.74, 6) is 0.968. The van der Waals surface area contributed by atoms with Gasteiger partial charge >= 0.3 is 12.1 Å². The van der Waals surface area contributed by atoms with Crippen molar-refractivity contribution >= 4 is 64.0 Å². The molecule has 0 bridgehead atoms. The third kappa shape index (κ3) is 33.3. The van der Waals surface area contributed by atoms with Gasteiger partial charge in [-0.25, -0.2) is 4.79 Å². The standard InChI is InChI=1S/2C8H9Cl.C8H7F3.C8H8O2.2C8H10O.C8H10.C7H6Cl2.C7H7Cl/c1-6-3-4-8(9)5-7(6)2;1-6-3-4-7(2)8(9)5-6;1-6-3-2-4-7(5-6)8(9,10)11;1-6-2-4-7(5-3-6)8(9)10;1-7-3-5-8(9-2)6-4-7;1-7-4-3-5-8(6-7)9-2;1-7-4-3-5-8(2)6-7;1-5-3-2-4-6(8)7(5)9;1-6-3-2-4-7(8)5-6/h2*3-5H,1-2H3;2-5H,1H3;2-5H,1H3,(H,9,10);2*3-6H,1-2H3;3-6H,1-2H3;2-4H,1H3;2-5H,1H3. The molecule has 0 saturated heterocycles. The SMILES string of the molecule is COc1ccc(C)cc1.COc1cccc(C)c1.Cc1ccc(C(=O)O)cc1.Cc1ccc(C)c(Cl)c1.Cc1ccc(Cl)cc1C.Cc1cccc(C(F)(F)F)c1.Cc1cccc(C)c1.Cc1cccc(Cl)c1.Cc1cccc(Cl)c1Cl. The lowest BCUT2D eigenvalue weighted by atomic mass is 10.1. The Kier molecular flexibility index (Phi) is 35.5. The van der Waals surface area contributed by atoms with E-state index in [9.17, 15) is 18.0 Å². The summed E-state index contributed by atoms with van der Waals surface area (Å²) in [6.07, 6.45) is -4.22. The van der Waals surface area contributed by atoms with E-state index in [4.69, 9.17) is 72.6 Å². The first-order chi connectivity index (χ1) is 38.5. The van der Waals surface area contributed by atoms with Crippen LogP contribution in [-0.4, -0.2) is 25.3 Å². The van der Waals surface area contributed by atoms with Gasteiger partial charge in [-0.15, -0.1) is 0 Å². The zero-order valence-corrected chi connectivity index (χ0v) is 53.0. The van der Waals surface area contributed by atoms with Gasteiger partial charge in [0.25, 0.3) is 0 Å². The number of methoxy groups -OCH3 is 2. The van der Waals surface area contributed by atoms with Crippen LogP contribution in [0.4, 0.5) is 13.2 Å². The normalized spacial score (nSPS) is 9.68. The number of ether oxygens (including phenoxy) is 2. The minimum Gasteiger partial charge on any atom is -0.497 e. The predicted octanol–water partition coefficient (Wildman–Crippen LogP) is 22.9. The Labute approximate surface area is 511 Å². The fourth-order valence-electron chi connectivity index (χ4n) is 6.36. The topological polar surface area (TPSA) is 55.8 Å². The fraction of sp³-hybridized carbons (Fsp3) is 0.214. The molecular formula is C70H76Cl5F3O4. The van der Waals surface area contributed by atoms with E-state index < -0.39 is 17.7 Å². The third-order valence-corrected chi connectivity index (χ3v) is 13.0. The lowest BCUT2D eigenvalue weighted by molar-refractivity contribution is -0.137. The van der Waals surface area contributed by atoms with Crippen molar-refractivity contribution in [3.8, 4) is 11.5 Å². The van der Waals surface area contributed by atoms with E-state index in [2.05, 4.69) is 65.0 Å². The number of carbonyl (C=O) groups is 1. The van der Waals surface area contributed by atoms with Crippen LogP contribution < -0.4 is 9.47 Å². The van der Waals surface area contributed by atoms with E-state index in [-0.39, 0.29) is 0 Å². The Hall–Kier alpha value is -6.71. The van der Waals surface area contributed by atoms with Gasteiger partial charge in [-0.2, -0.15) is 13.2 Å². The highest BCUT2D eigenvalue weighted by Gasteiger charge is 2.29. The van der Waals surface area contributed by atoms with E-state index in [0.717, 1.165) is 55.4 Å². The van der Waals surface area contributed by atoms with Crippen molar-refractivity contribution < 1.29 is 32.5 Å². The molecule has 9 aromatic rings. The van der Waals surface area contributed by atoms with Gasteiger partial charge in [0.1, 0.15) is 11.5 Å². The van der Waals surface area contributed by atoms with Crippen molar-refractivity contribution in [1.29, 1.82) is 0 Å². The second-order valence-corrected chi connectivity index (χ2v) is 21.0. The molecule has 9 aromatic carbocycles. The van der Waals surface area contributed by atoms with E-state index in [1.54, 1.807) is 57.5 Å². The maximum Gasteiger partial charge on any atom is 0.416 e. The lowest BCUT2D eigenvalue weighted by Crippen LogP contribution is -2.04. The highest BCUT2D eigenvalue weighted by atomic mass is 35.5. The molecule has 0 aliphatic carbocycles. The smallest absolute Gasteiger partial charge is 0.416 e. The molecular weight excluding hydrogens is 1140 g/mol. The third-order valence-electron chi connectivity index (χ3n) is 11.2. The molecule has 82 heavy (non-hydrogen) atoms. The quantitative estimate of drug-likeness (QED) is 0.192. The molecule has 12 heteroatoms. The number of rotatable bonds is 3. The van der Waals surface area contributed by atoms with Gasteiger partial charge in [0.2, 0.25) is 0 Å². The van der Waals surface area contributed by atoms with Gasteiger partial charge in [-0.1, -0.05) is 207 Å². The number of aryl methyl sites for hydroxylation is 12. The molecule has 4 nitrogen and oxygen atoms in total. The predicted molar refractivity (Wildman–Crippen MR) is 345 cm³/mol. The monoisotopic (exact) mass is 1210 g/mol. The summed E-state index contributed by atoms with van der Waals surface area (Å²) in [7, 11) is 3.35. The molecule has 9 rings (SSSR count). The molecule has 0 aliphatic heterocycles. The van der Waals surface area contributed by atoms with Crippen LogP contribution in [0.25, 0.3) is 0 Å². The molecule has 0 fully saturated rings. The van der Waals surface area contributed by atoms with Gasteiger partial charge in [0, 0.05) is 15.1 Å². The molecule has 0 unspecified atom stereocenters. The summed E-state index contributed by atoms with van der Waals surface area (Å²) in [6.45, 7) is 24.0. The van der Waals surface area contributed by atoms with E-state index in [1.807, 2.05) is 157 Å². The van der Waals surface area contributed by atoms with Gasteiger partial charge in [-0.3, -0.25) is 0 Å². The minimum absolute atomic E-state index is 0.339. The van der Waals surface area contributed by atoms with Crippen LogP contribution in [0.2, 0.25) is 25.1 Å². The number of hydrogen-bond donors (Lipinski definition) is 1. The Balaban J connectivity index is 0.000000462. The summed E-state index contributed by atoms with van der Waals surface area (Å²) >= 11 is 28.6. The van der Waals surface area contributed by atoms with Crippen molar-refractivity contribution in [3.05, 3.63) is 303 Å². The Morgan fingerprint density at radius 2 is 0.793 bits per heavy atom. The van der Waals surface area contributed by atoms with Gasteiger partial charge in [0.15, 0.2) is 0 Å². The summed E-state index contributed by atoms with van der Waals surface area (Å²) in [4.78, 5) is 10.3. The minimum atomic E-state index is -4.22. The molecule has 0 aromatic heterocycles. The number of hydrogen-bond acceptors (Lipinski definition) is 3. The first kappa shape index (κ1) is 73.3. The highest BCUT2D eigenvalue weighted by Crippen LogP contribution is 2.29. The summed E-state index contributed by atoms with van der Waals surface area (Å²) in [6, 6.07) is 61.6. The molecule has 436 valence electrons.